The van der Waals surface area contributed by atoms with Gasteiger partial charge in [-0.2, -0.15) is 0 Å². The van der Waals surface area contributed by atoms with Crippen molar-refractivity contribution in [2.24, 2.45) is 0 Å². The highest BCUT2D eigenvalue weighted by molar-refractivity contribution is 9.10. The minimum Gasteiger partial charge on any atom is -0.321 e. The van der Waals surface area contributed by atoms with Gasteiger partial charge in [-0.05, 0) is 77.4 Å². The van der Waals surface area contributed by atoms with Gasteiger partial charge in [0.1, 0.15) is 5.70 Å². The van der Waals surface area contributed by atoms with Gasteiger partial charge < -0.3 is 16.0 Å². The number of hydrogen-bond acceptors (Lipinski definition) is 6. The lowest BCUT2D eigenvalue weighted by Crippen LogP contribution is -2.30. The summed E-state index contributed by atoms with van der Waals surface area (Å²) < 4.78 is 0.898. The van der Waals surface area contributed by atoms with E-state index in [1.165, 1.54) is 23.1 Å². The minimum atomic E-state index is -0.481. The lowest BCUT2D eigenvalue weighted by atomic mass is 10.1. The number of aromatic nitrogens is 1. The molecule has 0 spiro atoms. The van der Waals surface area contributed by atoms with E-state index in [1.807, 2.05) is 79.0 Å². The lowest BCUT2D eigenvalue weighted by Gasteiger charge is -2.15. The number of fused-ring (bicyclic) bond motifs is 1. The van der Waals surface area contributed by atoms with Gasteiger partial charge in [0.25, 0.3) is 11.8 Å². The molecule has 6 rings (SSSR count). The van der Waals surface area contributed by atoms with Gasteiger partial charge in [-0.25, -0.2) is 4.98 Å². The van der Waals surface area contributed by atoms with Crippen LogP contribution in [0, 0.1) is 0 Å². The molecule has 5 aromatic carbocycles. The number of thioether (sulfide) groups is 1. The van der Waals surface area contributed by atoms with E-state index in [-0.39, 0.29) is 11.6 Å². The Morgan fingerprint density at radius 2 is 1.59 bits per heavy atom. The molecule has 0 aliphatic carbocycles. The summed E-state index contributed by atoms with van der Waals surface area (Å²) in [5.41, 5.74) is 3.59. The predicted octanol–water partition coefficient (Wildman–Crippen LogP) is 9.64. The van der Waals surface area contributed by atoms with E-state index in [0.717, 1.165) is 37.0 Å². The topological polar surface area (TPSA) is 100 Å². The van der Waals surface area contributed by atoms with E-state index in [4.69, 9.17) is 0 Å². The molecular formula is C39H31BrN4O3S2. The van der Waals surface area contributed by atoms with Crippen molar-refractivity contribution in [2.45, 2.75) is 23.5 Å². The van der Waals surface area contributed by atoms with Crippen molar-refractivity contribution < 1.29 is 14.4 Å². The second-order valence-corrected chi connectivity index (χ2v) is 14.1. The summed E-state index contributed by atoms with van der Waals surface area (Å²) >= 11 is 6.22. The number of hydrogen-bond donors (Lipinski definition) is 3. The highest BCUT2D eigenvalue weighted by Crippen LogP contribution is 2.31. The zero-order valence-electron chi connectivity index (χ0n) is 26.4. The molecule has 0 bridgehead atoms. The average Bonchev–Trinajstić information content (AvgIpc) is 3.59. The summed E-state index contributed by atoms with van der Waals surface area (Å²) in [7, 11) is 0. The van der Waals surface area contributed by atoms with Crippen molar-refractivity contribution in [3.05, 3.63) is 148 Å². The van der Waals surface area contributed by atoms with Crippen molar-refractivity contribution >= 4 is 84.4 Å². The monoisotopic (exact) mass is 746 g/mol. The normalized spacial score (nSPS) is 11.9. The number of carbonyl (C=O) groups excluding carboxylic acids is 3. The number of thiazole rings is 1. The number of anilines is 2. The van der Waals surface area contributed by atoms with Gasteiger partial charge in [0.05, 0.1) is 10.9 Å². The van der Waals surface area contributed by atoms with Crippen LogP contribution in [0.1, 0.15) is 29.3 Å². The quantitative estimate of drug-likeness (QED) is 0.0906. The van der Waals surface area contributed by atoms with Gasteiger partial charge in [-0.15, -0.1) is 23.1 Å². The highest BCUT2D eigenvalue weighted by Gasteiger charge is 2.21. The van der Waals surface area contributed by atoms with Gasteiger partial charge in [-0.1, -0.05) is 95.7 Å². The summed E-state index contributed by atoms with van der Waals surface area (Å²) in [6.45, 7) is 1.96. The maximum atomic E-state index is 13.5. The lowest BCUT2D eigenvalue weighted by molar-refractivity contribution is -0.116. The van der Waals surface area contributed by atoms with Gasteiger partial charge >= 0.3 is 0 Å². The maximum Gasteiger partial charge on any atom is 0.272 e. The second kappa shape index (κ2) is 15.9. The summed E-state index contributed by atoms with van der Waals surface area (Å²) in [5.74, 6) is -1.03. The molecule has 0 fully saturated rings. The number of nitrogens with zero attached hydrogens (tertiary/aromatic N) is 1. The Morgan fingerprint density at radius 1 is 0.837 bits per heavy atom. The fourth-order valence-electron chi connectivity index (χ4n) is 5.00. The fraction of sp³-hybridized carbons (Fsp3) is 0.0769. The molecule has 1 heterocycles. The first-order chi connectivity index (χ1) is 23.8. The largest absolute Gasteiger partial charge is 0.321 e. The highest BCUT2D eigenvalue weighted by atomic mass is 79.9. The van der Waals surface area contributed by atoms with E-state index >= 15 is 0 Å². The molecular weight excluding hydrogens is 716 g/mol. The van der Waals surface area contributed by atoms with Crippen LogP contribution in [0.2, 0.25) is 0 Å². The van der Waals surface area contributed by atoms with Gasteiger partial charge in [-0.3, -0.25) is 14.4 Å². The van der Waals surface area contributed by atoms with Crippen molar-refractivity contribution in [3.8, 4) is 11.3 Å². The van der Waals surface area contributed by atoms with E-state index in [1.54, 1.807) is 36.4 Å². The Bertz CT molecular complexity index is 2150. The smallest absolute Gasteiger partial charge is 0.272 e. The zero-order chi connectivity index (χ0) is 34.2. The fourth-order valence-corrected chi connectivity index (χ4v) is 7.00. The van der Waals surface area contributed by atoms with E-state index in [9.17, 15) is 14.4 Å². The van der Waals surface area contributed by atoms with Crippen LogP contribution in [-0.2, 0) is 9.59 Å². The molecule has 0 aliphatic heterocycles. The van der Waals surface area contributed by atoms with Crippen LogP contribution >= 0.6 is 39.0 Å². The molecule has 49 heavy (non-hydrogen) atoms. The Hall–Kier alpha value is -5.03. The van der Waals surface area contributed by atoms with Crippen LogP contribution in [0.5, 0.6) is 0 Å². The number of amides is 3. The van der Waals surface area contributed by atoms with Crippen LogP contribution < -0.4 is 16.0 Å². The van der Waals surface area contributed by atoms with Gasteiger partial charge in [0.2, 0.25) is 5.91 Å². The van der Waals surface area contributed by atoms with Crippen LogP contribution in [0.3, 0.4) is 0 Å². The first-order valence-corrected chi connectivity index (χ1v) is 18.1. The second-order valence-electron chi connectivity index (χ2n) is 11.0. The van der Waals surface area contributed by atoms with E-state index in [0.29, 0.717) is 22.8 Å². The third-order valence-electron chi connectivity index (χ3n) is 7.52. The molecule has 0 saturated carbocycles. The molecule has 1 unspecified atom stereocenters. The standard InChI is InChI=1S/C39H31BrN4O3S2/c1-2-35(38(47)44-39-43-34(24-48-39)29-18-17-26-9-6-7-12-28(26)22-29)49-32-14-8-13-31(23-32)41-37(46)33(21-25-15-19-30(40)20-16-25)42-36(45)27-10-4-3-5-11-27/h3-24,35H,2H2,1H3,(H,41,46)(H,42,45)(H,43,44,47)/b33-21-. The van der Waals surface area contributed by atoms with Crippen molar-refractivity contribution in [2.75, 3.05) is 10.6 Å². The molecule has 0 radical (unpaired) electrons. The first-order valence-electron chi connectivity index (χ1n) is 15.5. The summed E-state index contributed by atoms with van der Waals surface area (Å²) in [6, 6.07) is 37.8. The average molecular weight is 748 g/mol. The Kier molecular flexibility index (Phi) is 11.0. The molecule has 1 atom stereocenters. The molecule has 10 heteroatoms. The van der Waals surface area contributed by atoms with Gasteiger partial charge in [0, 0.05) is 31.6 Å². The molecule has 6 aromatic rings. The van der Waals surface area contributed by atoms with Gasteiger partial charge in [0.15, 0.2) is 5.13 Å². The van der Waals surface area contributed by atoms with Crippen LogP contribution in [0.4, 0.5) is 10.8 Å². The number of halogens is 1. The molecule has 0 saturated heterocycles. The van der Waals surface area contributed by atoms with Crippen molar-refractivity contribution in [3.63, 3.8) is 0 Å². The molecule has 3 amide bonds. The number of nitrogens with one attached hydrogen (secondary N) is 3. The Morgan fingerprint density at radius 3 is 2.37 bits per heavy atom. The molecule has 1 aromatic heterocycles. The number of carbonyl (C=O) groups is 3. The molecule has 0 aliphatic rings. The Labute approximate surface area is 301 Å². The first kappa shape index (κ1) is 33.9. The zero-order valence-corrected chi connectivity index (χ0v) is 29.6. The molecule has 3 N–H and O–H groups in total. The van der Waals surface area contributed by atoms with Crippen LogP contribution in [0.25, 0.3) is 28.1 Å². The minimum absolute atomic E-state index is 0.0894. The summed E-state index contributed by atoms with van der Waals surface area (Å²) in [6.07, 6.45) is 2.21. The van der Waals surface area contributed by atoms with Crippen LogP contribution in [-0.4, -0.2) is 28.0 Å². The van der Waals surface area contributed by atoms with E-state index in [2.05, 4.69) is 61.1 Å². The number of rotatable bonds is 11. The van der Waals surface area contributed by atoms with Crippen molar-refractivity contribution in [1.29, 1.82) is 0 Å². The van der Waals surface area contributed by atoms with E-state index < -0.39 is 17.1 Å². The molecule has 7 nitrogen and oxygen atoms in total. The SMILES string of the molecule is CCC(Sc1cccc(NC(=O)/C(=C/c2ccc(Br)cc2)NC(=O)c2ccccc2)c1)C(=O)Nc1nc(-c2ccc3ccccc3c2)cs1. The van der Waals surface area contributed by atoms with Crippen LogP contribution in [0.15, 0.2) is 142 Å². The predicted molar refractivity (Wildman–Crippen MR) is 205 cm³/mol. The third kappa shape index (κ3) is 8.91. The maximum absolute atomic E-state index is 13.5. The summed E-state index contributed by atoms with van der Waals surface area (Å²) in [5, 5.41) is 13.0. The summed E-state index contributed by atoms with van der Waals surface area (Å²) in [4.78, 5) is 45.4. The number of benzene rings is 5. The molecule has 244 valence electrons. The van der Waals surface area contributed by atoms with Crippen molar-refractivity contribution in [1.82, 2.24) is 10.3 Å². The third-order valence-corrected chi connectivity index (χ3v) is 10.2. The Balaban J connectivity index is 1.13.